The average molecular weight is 376 g/mol. The summed E-state index contributed by atoms with van der Waals surface area (Å²) in [6.45, 7) is 3.28. The lowest BCUT2D eigenvalue weighted by molar-refractivity contribution is 0.0704. The molecule has 1 aromatic heterocycles. The van der Waals surface area contributed by atoms with E-state index in [0.29, 0.717) is 12.1 Å². The number of likely N-dealkylation sites (tertiary alicyclic amines) is 1. The molecule has 1 amide bonds. The number of carbonyl (C=O) groups is 1. The van der Waals surface area contributed by atoms with Crippen LogP contribution in [-0.4, -0.2) is 44.2 Å². The first-order valence-electron chi connectivity index (χ1n) is 9.63. The maximum Gasteiger partial charge on any atom is 0.253 e. The van der Waals surface area contributed by atoms with Gasteiger partial charge in [0.25, 0.3) is 5.91 Å². The van der Waals surface area contributed by atoms with Gasteiger partial charge in [-0.15, -0.1) is 0 Å². The van der Waals surface area contributed by atoms with Crippen molar-refractivity contribution in [3.05, 3.63) is 71.3 Å². The van der Waals surface area contributed by atoms with E-state index in [0.717, 1.165) is 47.7 Å². The van der Waals surface area contributed by atoms with Crippen LogP contribution in [0.15, 0.2) is 48.5 Å². The molecular formula is C22H24N4O2. The molecule has 1 saturated heterocycles. The Kier molecular flexibility index (Phi) is 5.21. The summed E-state index contributed by atoms with van der Waals surface area (Å²) in [5.41, 5.74) is 3.54. The number of H-pyrrole nitrogens is 1. The van der Waals surface area contributed by atoms with Crippen molar-refractivity contribution in [1.29, 1.82) is 0 Å². The first-order valence-corrected chi connectivity index (χ1v) is 9.63. The number of aliphatic hydroxyl groups excluding tert-OH is 1. The van der Waals surface area contributed by atoms with E-state index in [-0.39, 0.29) is 18.4 Å². The number of carbonyl (C=O) groups excluding carboxylic acids is 1. The van der Waals surface area contributed by atoms with E-state index in [4.69, 9.17) is 0 Å². The van der Waals surface area contributed by atoms with E-state index in [1.54, 1.807) is 0 Å². The van der Waals surface area contributed by atoms with Crippen LogP contribution in [0.2, 0.25) is 0 Å². The summed E-state index contributed by atoms with van der Waals surface area (Å²) in [6.07, 6.45) is 1.95. The summed E-state index contributed by atoms with van der Waals surface area (Å²) in [4.78, 5) is 19.3. The molecule has 0 saturated carbocycles. The molecule has 6 heteroatoms. The van der Waals surface area contributed by atoms with Crippen LogP contribution in [0.5, 0.6) is 0 Å². The number of nitrogens with zero attached hydrogens (tertiary/aromatic N) is 3. The Hall–Kier alpha value is -2.99. The standard InChI is InChI=1S/C22H24N4O2/c1-15-23-21(25-24-15)18-6-4-12-26(13-18)22(28)17-10-8-16(9-11-17)20-7-3-2-5-19(20)14-27/h2-3,5,7-11,18,27H,4,6,12-14H2,1H3,(H,23,24,25)/t18-/m1/s1. The fraction of sp³-hybridized carbons (Fsp3) is 0.318. The molecule has 0 unspecified atom stereocenters. The second kappa shape index (κ2) is 7.94. The number of aromatic amines is 1. The second-order valence-electron chi connectivity index (χ2n) is 7.26. The normalized spacial score (nSPS) is 16.9. The third kappa shape index (κ3) is 3.68. The maximum absolute atomic E-state index is 13.0. The number of amides is 1. The highest BCUT2D eigenvalue weighted by Crippen LogP contribution is 2.27. The number of piperidine rings is 1. The average Bonchev–Trinajstić information content (AvgIpc) is 3.20. The number of aromatic nitrogens is 3. The fourth-order valence-electron chi connectivity index (χ4n) is 3.83. The van der Waals surface area contributed by atoms with Gasteiger partial charge in [-0.05, 0) is 48.6 Å². The lowest BCUT2D eigenvalue weighted by Gasteiger charge is -2.31. The van der Waals surface area contributed by atoms with Crippen molar-refractivity contribution in [2.24, 2.45) is 0 Å². The minimum absolute atomic E-state index is 0.00722. The highest BCUT2D eigenvalue weighted by molar-refractivity contribution is 5.94. The van der Waals surface area contributed by atoms with Gasteiger partial charge in [0.05, 0.1) is 6.61 Å². The minimum Gasteiger partial charge on any atom is -0.392 e. The molecule has 144 valence electrons. The van der Waals surface area contributed by atoms with Crippen molar-refractivity contribution in [2.45, 2.75) is 32.3 Å². The summed E-state index contributed by atoms with van der Waals surface area (Å²) in [7, 11) is 0. The predicted molar refractivity (Wildman–Crippen MR) is 107 cm³/mol. The summed E-state index contributed by atoms with van der Waals surface area (Å²) >= 11 is 0. The molecule has 2 aromatic carbocycles. The molecule has 4 rings (SSSR count). The van der Waals surface area contributed by atoms with Crippen LogP contribution < -0.4 is 0 Å². The van der Waals surface area contributed by atoms with Gasteiger partial charge in [-0.1, -0.05) is 36.4 Å². The Bertz CT molecular complexity index is 965. The van der Waals surface area contributed by atoms with Gasteiger partial charge in [0.1, 0.15) is 5.82 Å². The zero-order valence-corrected chi connectivity index (χ0v) is 15.9. The highest BCUT2D eigenvalue weighted by atomic mass is 16.3. The number of nitrogens with one attached hydrogen (secondary N) is 1. The summed E-state index contributed by atoms with van der Waals surface area (Å²) < 4.78 is 0. The second-order valence-corrected chi connectivity index (χ2v) is 7.26. The molecule has 0 aliphatic carbocycles. The molecule has 1 atom stereocenters. The first kappa shape index (κ1) is 18.4. The van der Waals surface area contributed by atoms with Crippen molar-refractivity contribution in [3.8, 4) is 11.1 Å². The van der Waals surface area contributed by atoms with Gasteiger partial charge in [0.2, 0.25) is 0 Å². The largest absolute Gasteiger partial charge is 0.392 e. The molecule has 2 N–H and O–H groups in total. The zero-order chi connectivity index (χ0) is 19.5. The lowest BCUT2D eigenvalue weighted by Crippen LogP contribution is -2.39. The fourth-order valence-corrected chi connectivity index (χ4v) is 3.83. The van der Waals surface area contributed by atoms with Gasteiger partial charge in [-0.25, -0.2) is 4.98 Å². The predicted octanol–water partition coefficient (Wildman–Crippen LogP) is 3.29. The zero-order valence-electron chi connectivity index (χ0n) is 15.9. The number of benzene rings is 2. The lowest BCUT2D eigenvalue weighted by atomic mass is 9.96. The Labute approximate surface area is 164 Å². The number of hydrogen-bond donors (Lipinski definition) is 2. The van der Waals surface area contributed by atoms with Crippen LogP contribution in [0.25, 0.3) is 11.1 Å². The smallest absolute Gasteiger partial charge is 0.253 e. The van der Waals surface area contributed by atoms with Crippen LogP contribution in [0, 0.1) is 6.92 Å². The third-order valence-corrected chi connectivity index (χ3v) is 5.32. The van der Waals surface area contributed by atoms with Gasteiger partial charge in [-0.2, -0.15) is 5.10 Å². The van der Waals surface area contributed by atoms with Crippen LogP contribution in [0.3, 0.4) is 0 Å². The van der Waals surface area contributed by atoms with Gasteiger partial charge < -0.3 is 10.0 Å². The van der Waals surface area contributed by atoms with Crippen LogP contribution in [0.1, 0.15) is 46.3 Å². The van der Waals surface area contributed by atoms with Crippen molar-refractivity contribution in [1.82, 2.24) is 20.1 Å². The number of hydrogen-bond acceptors (Lipinski definition) is 4. The van der Waals surface area contributed by atoms with Crippen LogP contribution in [0.4, 0.5) is 0 Å². The molecule has 3 aromatic rings. The highest BCUT2D eigenvalue weighted by Gasteiger charge is 2.27. The number of aryl methyl sites for hydroxylation is 1. The van der Waals surface area contributed by atoms with Gasteiger partial charge in [0.15, 0.2) is 5.82 Å². The van der Waals surface area contributed by atoms with Crippen LogP contribution in [-0.2, 0) is 6.61 Å². The van der Waals surface area contributed by atoms with Gasteiger partial charge in [0, 0.05) is 24.6 Å². The number of aliphatic hydroxyl groups is 1. The summed E-state index contributed by atoms with van der Waals surface area (Å²) in [5.74, 6) is 1.82. The van der Waals surface area contributed by atoms with E-state index in [2.05, 4.69) is 15.2 Å². The van der Waals surface area contributed by atoms with E-state index < -0.39 is 0 Å². The molecule has 0 radical (unpaired) electrons. The summed E-state index contributed by atoms with van der Waals surface area (Å²) in [6, 6.07) is 15.4. The Morgan fingerprint density at radius 2 is 2.00 bits per heavy atom. The van der Waals surface area contributed by atoms with Crippen molar-refractivity contribution in [2.75, 3.05) is 13.1 Å². The van der Waals surface area contributed by atoms with Gasteiger partial charge >= 0.3 is 0 Å². The SMILES string of the molecule is Cc1nc([C@@H]2CCCN(C(=O)c3ccc(-c4ccccc4CO)cc3)C2)n[nH]1. The molecule has 1 aliphatic heterocycles. The maximum atomic E-state index is 13.0. The monoisotopic (exact) mass is 376 g/mol. The minimum atomic E-state index is -0.00722. The third-order valence-electron chi connectivity index (χ3n) is 5.32. The van der Waals surface area contributed by atoms with Crippen LogP contribution >= 0.6 is 0 Å². The molecule has 1 fully saturated rings. The van der Waals surface area contributed by atoms with Crippen molar-refractivity contribution >= 4 is 5.91 Å². The summed E-state index contributed by atoms with van der Waals surface area (Å²) in [5, 5.41) is 16.7. The Morgan fingerprint density at radius 1 is 1.21 bits per heavy atom. The Morgan fingerprint density at radius 3 is 2.71 bits per heavy atom. The van der Waals surface area contributed by atoms with E-state index >= 15 is 0 Å². The molecule has 0 spiro atoms. The molecule has 1 aliphatic rings. The molecule has 28 heavy (non-hydrogen) atoms. The molecule has 2 heterocycles. The topological polar surface area (TPSA) is 82.1 Å². The quantitative estimate of drug-likeness (QED) is 0.732. The number of rotatable bonds is 4. The molecule has 6 nitrogen and oxygen atoms in total. The molecular weight excluding hydrogens is 352 g/mol. The van der Waals surface area contributed by atoms with Gasteiger partial charge in [-0.3, -0.25) is 9.89 Å². The van der Waals surface area contributed by atoms with E-state index in [1.165, 1.54) is 0 Å². The van der Waals surface area contributed by atoms with Crippen molar-refractivity contribution in [3.63, 3.8) is 0 Å². The first-order chi connectivity index (χ1) is 13.7. The van der Waals surface area contributed by atoms with Crippen molar-refractivity contribution < 1.29 is 9.90 Å². The molecule has 0 bridgehead atoms. The van der Waals surface area contributed by atoms with E-state index in [1.807, 2.05) is 60.4 Å². The van der Waals surface area contributed by atoms with E-state index in [9.17, 15) is 9.90 Å². The Balaban J connectivity index is 1.50.